The molecule has 118 valence electrons. The maximum Gasteiger partial charge on any atom is 0.148 e. The molecule has 0 unspecified atom stereocenters. The summed E-state index contributed by atoms with van der Waals surface area (Å²) in [5.41, 5.74) is 3.51. The third-order valence-electron chi connectivity index (χ3n) is 3.75. The van der Waals surface area contributed by atoms with Crippen molar-refractivity contribution in [2.75, 3.05) is 18.6 Å². The average Bonchev–Trinajstić information content (AvgIpc) is 2.50. The zero-order valence-electron chi connectivity index (χ0n) is 13.3. The predicted octanol–water partition coefficient (Wildman–Crippen LogP) is 2.54. The molecule has 0 saturated carbocycles. The van der Waals surface area contributed by atoms with Crippen molar-refractivity contribution in [3.8, 4) is 5.75 Å². The lowest BCUT2D eigenvalue weighted by molar-refractivity contribution is 0.312. The Balaban J connectivity index is 2.25. The maximum absolute atomic E-state index is 11.4. The van der Waals surface area contributed by atoms with Gasteiger partial charge < -0.3 is 10.1 Å². The fourth-order valence-corrected chi connectivity index (χ4v) is 4.08. The molecule has 0 aliphatic carbocycles. The van der Waals surface area contributed by atoms with Crippen molar-refractivity contribution in [3.63, 3.8) is 0 Å². The van der Waals surface area contributed by atoms with Crippen LogP contribution in [0.3, 0.4) is 0 Å². The standard InChI is InChI=1S/C16H25NO3S/c1-11-8-12(2)16-14(9-11)15(6-5-7-20-16)17-13(3)10-21(4,18)19/h8-9,13,15,17H,5-7,10H2,1-4H3/t13-,15-/m0/s1. The molecule has 1 heterocycles. The molecule has 2 rings (SSSR count). The average molecular weight is 311 g/mol. The number of fused-ring (bicyclic) bond motifs is 1. The van der Waals surface area contributed by atoms with E-state index in [1.165, 1.54) is 11.8 Å². The Morgan fingerprint density at radius 1 is 1.38 bits per heavy atom. The first-order chi connectivity index (χ1) is 9.76. The van der Waals surface area contributed by atoms with E-state index in [-0.39, 0.29) is 17.8 Å². The number of rotatable bonds is 4. The van der Waals surface area contributed by atoms with Gasteiger partial charge >= 0.3 is 0 Å². The highest BCUT2D eigenvalue weighted by Gasteiger charge is 2.23. The van der Waals surface area contributed by atoms with Gasteiger partial charge in [-0.3, -0.25) is 0 Å². The van der Waals surface area contributed by atoms with Gasteiger partial charge in [0.2, 0.25) is 0 Å². The van der Waals surface area contributed by atoms with Crippen molar-refractivity contribution in [3.05, 3.63) is 28.8 Å². The highest BCUT2D eigenvalue weighted by atomic mass is 32.2. The van der Waals surface area contributed by atoms with Crippen LogP contribution in [0.2, 0.25) is 0 Å². The van der Waals surface area contributed by atoms with Gasteiger partial charge in [0, 0.05) is 23.9 Å². The monoisotopic (exact) mass is 311 g/mol. The number of hydrogen-bond donors (Lipinski definition) is 1. The topological polar surface area (TPSA) is 55.4 Å². The van der Waals surface area contributed by atoms with E-state index in [9.17, 15) is 8.42 Å². The van der Waals surface area contributed by atoms with Crippen LogP contribution >= 0.6 is 0 Å². The first-order valence-electron chi connectivity index (χ1n) is 7.44. The van der Waals surface area contributed by atoms with E-state index >= 15 is 0 Å². The SMILES string of the molecule is Cc1cc(C)c2c(c1)[C@@H](N[C@@H](C)CS(C)(=O)=O)CCCO2. The van der Waals surface area contributed by atoms with Crippen LogP contribution in [-0.4, -0.2) is 33.1 Å². The summed E-state index contributed by atoms with van der Waals surface area (Å²) in [6.45, 7) is 6.79. The van der Waals surface area contributed by atoms with Crippen molar-refractivity contribution < 1.29 is 13.2 Å². The summed E-state index contributed by atoms with van der Waals surface area (Å²) in [5.74, 6) is 1.12. The van der Waals surface area contributed by atoms with E-state index in [0.29, 0.717) is 0 Å². The molecule has 4 nitrogen and oxygen atoms in total. The second kappa shape index (κ2) is 6.36. The number of nitrogens with one attached hydrogen (secondary N) is 1. The molecular weight excluding hydrogens is 286 g/mol. The van der Waals surface area contributed by atoms with Gasteiger partial charge in [0.25, 0.3) is 0 Å². The highest BCUT2D eigenvalue weighted by Crippen LogP contribution is 2.35. The molecule has 1 N–H and O–H groups in total. The molecule has 1 aliphatic heterocycles. The van der Waals surface area contributed by atoms with E-state index in [1.54, 1.807) is 0 Å². The second-order valence-corrected chi connectivity index (χ2v) is 8.39. The molecule has 0 radical (unpaired) electrons. The van der Waals surface area contributed by atoms with E-state index in [1.807, 2.05) is 6.92 Å². The maximum atomic E-state index is 11.4. The van der Waals surface area contributed by atoms with Crippen LogP contribution < -0.4 is 10.1 Å². The Labute approximate surface area is 127 Å². The number of sulfone groups is 1. The molecule has 1 aromatic rings. The van der Waals surface area contributed by atoms with Crippen molar-refractivity contribution in [2.24, 2.45) is 0 Å². The zero-order chi connectivity index (χ0) is 15.6. The highest BCUT2D eigenvalue weighted by molar-refractivity contribution is 7.90. The lowest BCUT2D eigenvalue weighted by atomic mass is 9.97. The van der Waals surface area contributed by atoms with Crippen molar-refractivity contribution in [2.45, 2.75) is 45.7 Å². The Morgan fingerprint density at radius 2 is 2.10 bits per heavy atom. The first kappa shape index (κ1) is 16.3. The Kier molecular flexibility index (Phi) is 4.94. The van der Waals surface area contributed by atoms with E-state index in [4.69, 9.17) is 4.74 Å². The van der Waals surface area contributed by atoms with E-state index < -0.39 is 9.84 Å². The van der Waals surface area contributed by atoms with Crippen molar-refractivity contribution >= 4 is 9.84 Å². The molecular formula is C16H25NO3S. The van der Waals surface area contributed by atoms with Crippen LogP contribution in [-0.2, 0) is 9.84 Å². The van der Waals surface area contributed by atoms with Crippen LogP contribution in [0.1, 0.15) is 42.5 Å². The van der Waals surface area contributed by atoms with Gasteiger partial charge in [0.05, 0.1) is 12.4 Å². The second-order valence-electron chi connectivity index (χ2n) is 6.20. The van der Waals surface area contributed by atoms with Crippen LogP contribution in [0.4, 0.5) is 0 Å². The van der Waals surface area contributed by atoms with E-state index in [0.717, 1.165) is 36.3 Å². The third kappa shape index (κ3) is 4.45. The Hall–Kier alpha value is -1.07. The van der Waals surface area contributed by atoms with Gasteiger partial charge in [-0.15, -0.1) is 0 Å². The normalized spacial score (nSPS) is 20.3. The molecule has 0 aromatic heterocycles. The van der Waals surface area contributed by atoms with Crippen molar-refractivity contribution in [1.29, 1.82) is 0 Å². The summed E-state index contributed by atoms with van der Waals surface area (Å²) < 4.78 is 28.8. The van der Waals surface area contributed by atoms with Gasteiger partial charge in [0.1, 0.15) is 15.6 Å². The van der Waals surface area contributed by atoms with Gasteiger partial charge in [-0.05, 0) is 39.2 Å². The molecule has 1 aromatic carbocycles. The van der Waals surface area contributed by atoms with E-state index in [2.05, 4.69) is 31.3 Å². The quantitative estimate of drug-likeness (QED) is 0.928. The minimum Gasteiger partial charge on any atom is -0.493 e. The summed E-state index contributed by atoms with van der Waals surface area (Å²) in [7, 11) is -2.97. The predicted molar refractivity (Wildman–Crippen MR) is 85.7 cm³/mol. The molecule has 1 aliphatic rings. The van der Waals surface area contributed by atoms with Crippen molar-refractivity contribution in [1.82, 2.24) is 5.32 Å². The molecule has 21 heavy (non-hydrogen) atoms. The number of aryl methyl sites for hydroxylation is 2. The van der Waals surface area contributed by atoms with Crippen LogP contribution in [0.15, 0.2) is 12.1 Å². The number of hydrogen-bond acceptors (Lipinski definition) is 4. The van der Waals surface area contributed by atoms with Gasteiger partial charge in [0.15, 0.2) is 0 Å². The molecule has 5 heteroatoms. The summed E-state index contributed by atoms with van der Waals surface area (Å²) in [5, 5.41) is 3.47. The zero-order valence-corrected chi connectivity index (χ0v) is 14.1. The molecule has 0 fully saturated rings. The molecule has 0 bridgehead atoms. The lowest BCUT2D eigenvalue weighted by Crippen LogP contribution is -2.35. The van der Waals surface area contributed by atoms with Gasteiger partial charge in [-0.1, -0.05) is 17.7 Å². The Morgan fingerprint density at radius 3 is 2.76 bits per heavy atom. The fraction of sp³-hybridized carbons (Fsp3) is 0.625. The summed E-state index contributed by atoms with van der Waals surface area (Å²) in [6, 6.07) is 4.36. The first-order valence-corrected chi connectivity index (χ1v) is 9.50. The summed E-state index contributed by atoms with van der Waals surface area (Å²) in [4.78, 5) is 0. The minimum atomic E-state index is -2.97. The Bertz CT molecular complexity index is 610. The fourth-order valence-electron chi connectivity index (χ4n) is 3.08. The lowest BCUT2D eigenvalue weighted by Gasteiger charge is -2.24. The largest absolute Gasteiger partial charge is 0.493 e. The third-order valence-corrected chi connectivity index (χ3v) is 4.85. The molecule has 2 atom stereocenters. The van der Waals surface area contributed by atoms with Crippen LogP contribution in [0.5, 0.6) is 5.75 Å². The van der Waals surface area contributed by atoms with Crippen LogP contribution in [0.25, 0.3) is 0 Å². The molecule has 0 amide bonds. The van der Waals surface area contributed by atoms with Gasteiger partial charge in [-0.25, -0.2) is 8.42 Å². The molecule has 0 spiro atoms. The minimum absolute atomic E-state index is 0.0724. The summed E-state index contributed by atoms with van der Waals surface area (Å²) >= 11 is 0. The summed E-state index contributed by atoms with van der Waals surface area (Å²) in [6.07, 6.45) is 3.21. The molecule has 0 saturated heterocycles. The van der Waals surface area contributed by atoms with Gasteiger partial charge in [-0.2, -0.15) is 0 Å². The van der Waals surface area contributed by atoms with Crippen LogP contribution in [0, 0.1) is 13.8 Å². The number of ether oxygens (including phenoxy) is 1. The number of benzene rings is 1. The smallest absolute Gasteiger partial charge is 0.148 e.